The average molecular weight is 545 g/mol. The third-order valence-corrected chi connectivity index (χ3v) is 10.3. The van der Waals surface area contributed by atoms with Gasteiger partial charge in [0, 0.05) is 26.9 Å². The molecule has 39 heavy (non-hydrogen) atoms. The third kappa shape index (κ3) is 7.96. The van der Waals surface area contributed by atoms with Crippen LogP contribution >= 0.6 is 0 Å². The fourth-order valence-electron chi connectivity index (χ4n) is 8.84. The average Bonchev–Trinajstić information content (AvgIpc) is 3.53. The number of aryl methyl sites for hydroxylation is 1. The normalized spacial score (nSPS) is 34.4. The van der Waals surface area contributed by atoms with E-state index in [0.29, 0.717) is 18.1 Å². The zero-order valence-electron chi connectivity index (χ0n) is 26.0. The summed E-state index contributed by atoms with van der Waals surface area (Å²) < 4.78 is 6.86. The SMILES string of the molecule is C=C.C=C(CN(N)COC)C1CCC2C3CCC4CC(C)CCC4C3CCC12C.CC.Cn1cc(NN)cn1. The molecular formula is C32H60N6O. The first kappa shape index (κ1) is 33.5. The lowest BCUT2D eigenvalue weighted by Crippen LogP contribution is -2.49. The van der Waals surface area contributed by atoms with Gasteiger partial charge in [0.25, 0.3) is 0 Å². The molecule has 0 radical (unpaired) electrons. The Labute approximate surface area is 239 Å². The van der Waals surface area contributed by atoms with Crippen LogP contribution in [0.4, 0.5) is 5.69 Å². The van der Waals surface area contributed by atoms with Crippen LogP contribution in [0, 0.1) is 46.8 Å². The van der Waals surface area contributed by atoms with Crippen molar-refractivity contribution < 1.29 is 4.74 Å². The van der Waals surface area contributed by atoms with Crippen molar-refractivity contribution in [1.29, 1.82) is 0 Å². The van der Waals surface area contributed by atoms with Gasteiger partial charge in [-0.2, -0.15) is 5.10 Å². The first-order chi connectivity index (χ1) is 18.8. The summed E-state index contributed by atoms with van der Waals surface area (Å²) in [6.07, 6.45) is 16.6. The first-order valence-electron chi connectivity index (χ1n) is 15.4. The van der Waals surface area contributed by atoms with Gasteiger partial charge in [-0.3, -0.25) is 16.4 Å². The summed E-state index contributed by atoms with van der Waals surface area (Å²) in [5, 5.41) is 5.64. The fraction of sp³-hybridized carbons (Fsp3) is 0.781. The lowest BCUT2D eigenvalue weighted by atomic mass is 9.49. The number of hydrogen-bond donors (Lipinski definition) is 3. The summed E-state index contributed by atoms with van der Waals surface area (Å²) >= 11 is 0. The molecule has 4 fully saturated rings. The van der Waals surface area contributed by atoms with Crippen molar-refractivity contribution in [1.82, 2.24) is 14.8 Å². The number of fused-ring (bicyclic) bond motifs is 5. The number of aromatic nitrogens is 2. The van der Waals surface area contributed by atoms with E-state index in [-0.39, 0.29) is 0 Å². The van der Waals surface area contributed by atoms with Gasteiger partial charge < -0.3 is 10.2 Å². The van der Waals surface area contributed by atoms with Crippen LogP contribution in [-0.4, -0.2) is 35.2 Å². The van der Waals surface area contributed by atoms with Crippen LogP contribution in [0.25, 0.3) is 0 Å². The maximum Gasteiger partial charge on any atom is 0.111 e. The molecule has 5 N–H and O–H groups in total. The molecule has 0 amide bonds. The Morgan fingerprint density at radius 3 is 2.41 bits per heavy atom. The number of anilines is 1. The lowest BCUT2D eigenvalue weighted by Gasteiger charge is -2.56. The van der Waals surface area contributed by atoms with E-state index in [1.165, 1.54) is 63.4 Å². The maximum atomic E-state index is 6.10. The van der Waals surface area contributed by atoms with E-state index in [4.69, 9.17) is 16.4 Å². The Morgan fingerprint density at radius 2 is 1.82 bits per heavy atom. The van der Waals surface area contributed by atoms with Crippen LogP contribution in [-0.2, 0) is 11.8 Å². The van der Waals surface area contributed by atoms with Crippen LogP contribution in [0.2, 0.25) is 0 Å². The summed E-state index contributed by atoms with van der Waals surface area (Å²) in [5.41, 5.74) is 5.10. The van der Waals surface area contributed by atoms with Crippen LogP contribution in [0.1, 0.15) is 85.5 Å². The van der Waals surface area contributed by atoms with Crippen LogP contribution in [0.3, 0.4) is 0 Å². The van der Waals surface area contributed by atoms with Crippen molar-refractivity contribution in [2.24, 2.45) is 65.6 Å². The highest BCUT2D eigenvalue weighted by molar-refractivity contribution is 5.35. The molecule has 7 nitrogen and oxygen atoms in total. The summed E-state index contributed by atoms with van der Waals surface area (Å²) in [5.74, 6) is 17.8. The van der Waals surface area contributed by atoms with Crippen LogP contribution in [0.5, 0.6) is 0 Å². The van der Waals surface area contributed by atoms with E-state index >= 15 is 0 Å². The zero-order valence-corrected chi connectivity index (χ0v) is 26.0. The Kier molecular flexibility index (Phi) is 13.7. The molecule has 0 bridgehead atoms. The summed E-state index contributed by atoms with van der Waals surface area (Å²) in [6, 6.07) is 0. The molecule has 4 aliphatic rings. The van der Waals surface area contributed by atoms with Gasteiger partial charge in [0.15, 0.2) is 0 Å². The van der Waals surface area contributed by atoms with E-state index in [9.17, 15) is 0 Å². The van der Waals surface area contributed by atoms with E-state index in [1.54, 1.807) is 29.2 Å². The summed E-state index contributed by atoms with van der Waals surface area (Å²) in [4.78, 5) is 0. The van der Waals surface area contributed by atoms with Gasteiger partial charge in [0.05, 0.1) is 11.9 Å². The number of nitrogen functional groups attached to an aromatic ring is 1. The van der Waals surface area contributed by atoms with Crippen molar-refractivity contribution in [2.75, 3.05) is 25.8 Å². The molecule has 1 heterocycles. The van der Waals surface area contributed by atoms with Gasteiger partial charge >= 0.3 is 0 Å². The zero-order chi connectivity index (χ0) is 29.2. The minimum atomic E-state index is 0.459. The second-order valence-corrected chi connectivity index (χ2v) is 12.4. The van der Waals surface area contributed by atoms with Crippen molar-refractivity contribution in [3.63, 3.8) is 0 Å². The second-order valence-electron chi connectivity index (χ2n) is 12.4. The van der Waals surface area contributed by atoms with Crippen LogP contribution < -0.4 is 17.1 Å². The number of rotatable bonds is 6. The second kappa shape index (κ2) is 15.9. The van der Waals surface area contributed by atoms with Gasteiger partial charge in [-0.05, 0) is 98.2 Å². The number of methoxy groups -OCH3 is 1. The molecule has 0 aliphatic heterocycles. The molecule has 0 spiro atoms. The van der Waals surface area contributed by atoms with Gasteiger partial charge in [0.1, 0.15) is 6.73 Å². The number of hydrogen-bond acceptors (Lipinski definition) is 6. The summed E-state index contributed by atoms with van der Waals surface area (Å²) in [7, 11) is 3.54. The summed E-state index contributed by atoms with van der Waals surface area (Å²) in [6.45, 7) is 20.8. The lowest BCUT2D eigenvalue weighted by molar-refractivity contribution is -0.0640. The number of hydrazine groups is 2. The van der Waals surface area contributed by atoms with Crippen molar-refractivity contribution in [3.05, 3.63) is 37.7 Å². The molecule has 4 aliphatic carbocycles. The first-order valence-corrected chi connectivity index (χ1v) is 15.4. The van der Waals surface area contributed by atoms with Gasteiger partial charge in [-0.25, -0.2) is 5.01 Å². The molecule has 7 heteroatoms. The predicted octanol–water partition coefficient (Wildman–Crippen LogP) is 6.76. The molecule has 4 saturated carbocycles. The highest BCUT2D eigenvalue weighted by Crippen LogP contribution is 2.65. The van der Waals surface area contributed by atoms with E-state index in [2.05, 4.69) is 44.1 Å². The van der Waals surface area contributed by atoms with Crippen molar-refractivity contribution in [2.45, 2.75) is 85.5 Å². The molecule has 224 valence electrons. The van der Waals surface area contributed by atoms with E-state index in [1.807, 2.05) is 20.9 Å². The van der Waals surface area contributed by atoms with Gasteiger partial charge in [0.2, 0.25) is 0 Å². The van der Waals surface area contributed by atoms with E-state index in [0.717, 1.165) is 47.7 Å². The highest BCUT2D eigenvalue weighted by atomic mass is 16.5. The van der Waals surface area contributed by atoms with Crippen LogP contribution in [0.15, 0.2) is 37.7 Å². The standard InChI is InChI=1S/C24H42N2O.C4H8N4.C2H6.C2H4/c1-16-5-7-19-18(13-16)6-8-21-20(19)11-12-24(3)22(9-10-23(21)24)17(2)14-26(25)15-27-4;1-8-3-4(7-5)2-6-8;2*1-2/h16,18-23H,2,5-15,25H2,1,3-4H3;2-3,7H,5H2,1H3;1-2H3;1-2H2. The Morgan fingerprint density at radius 1 is 1.13 bits per heavy atom. The predicted molar refractivity (Wildman–Crippen MR) is 165 cm³/mol. The molecule has 8 atom stereocenters. The number of ether oxygens (including phenoxy) is 1. The van der Waals surface area contributed by atoms with E-state index < -0.39 is 0 Å². The minimum absolute atomic E-state index is 0.459. The third-order valence-electron chi connectivity index (χ3n) is 10.3. The molecule has 1 aromatic heterocycles. The monoisotopic (exact) mass is 544 g/mol. The number of nitrogens with one attached hydrogen (secondary N) is 1. The number of nitrogens with zero attached hydrogens (tertiary/aromatic N) is 3. The minimum Gasteiger partial charge on any atom is -0.368 e. The van der Waals surface area contributed by atoms with Gasteiger partial charge in [-0.1, -0.05) is 46.3 Å². The highest BCUT2D eigenvalue weighted by Gasteiger charge is 2.57. The Hall–Kier alpha value is -1.67. The van der Waals surface area contributed by atoms with Crippen molar-refractivity contribution >= 4 is 5.69 Å². The Balaban J connectivity index is 0.000000375. The Bertz CT molecular complexity index is 857. The quantitative estimate of drug-likeness (QED) is 0.158. The number of nitrogens with two attached hydrogens (primary N) is 2. The largest absolute Gasteiger partial charge is 0.368 e. The smallest absolute Gasteiger partial charge is 0.111 e. The maximum absolute atomic E-state index is 6.10. The molecule has 8 unspecified atom stereocenters. The molecule has 0 aromatic carbocycles. The fourth-order valence-corrected chi connectivity index (χ4v) is 8.84. The van der Waals surface area contributed by atoms with Crippen molar-refractivity contribution in [3.8, 4) is 0 Å². The molecule has 5 rings (SSSR count). The molecule has 0 saturated heterocycles. The van der Waals surface area contributed by atoms with Gasteiger partial charge in [-0.15, -0.1) is 13.2 Å². The topological polar surface area (TPSA) is 94.4 Å². The molecular weight excluding hydrogens is 484 g/mol. The molecule has 1 aromatic rings.